The molecule has 1 fully saturated rings. The van der Waals surface area contributed by atoms with Crippen molar-refractivity contribution >= 4 is 16.9 Å². The zero-order chi connectivity index (χ0) is 17.9. The molecule has 1 aliphatic heterocycles. The maximum atomic E-state index is 12.5. The minimum atomic E-state index is -0.0422. The summed E-state index contributed by atoms with van der Waals surface area (Å²) in [5, 5.41) is 3.14. The van der Waals surface area contributed by atoms with Crippen molar-refractivity contribution in [2.75, 3.05) is 20.2 Å². The van der Waals surface area contributed by atoms with Gasteiger partial charge in [0, 0.05) is 43.5 Å². The van der Waals surface area contributed by atoms with Gasteiger partial charge in [0.1, 0.15) is 0 Å². The molecule has 4 rings (SSSR count). The normalized spacial score (nSPS) is 17.5. The molecule has 0 radical (unpaired) electrons. The van der Waals surface area contributed by atoms with Crippen molar-refractivity contribution in [1.29, 1.82) is 0 Å². The number of hydrogen-bond acceptors (Lipinski definition) is 5. The number of nitrogens with one attached hydrogen (secondary N) is 2. The lowest BCUT2D eigenvalue weighted by Crippen LogP contribution is -2.37. The summed E-state index contributed by atoms with van der Waals surface area (Å²) in [4.78, 5) is 26.3. The SMILES string of the molecule is COc1ccc(CN2CC[C@@H](NC(=O)c3ccc4nc[nH]c4c3)C2)cn1. The van der Waals surface area contributed by atoms with Crippen molar-refractivity contribution in [3.8, 4) is 5.88 Å². The second-order valence-corrected chi connectivity index (χ2v) is 6.54. The number of amides is 1. The number of H-pyrrole nitrogens is 1. The Labute approximate surface area is 151 Å². The summed E-state index contributed by atoms with van der Waals surface area (Å²) >= 11 is 0. The standard InChI is InChI=1S/C19H21N5O2/c1-26-18-5-2-13(9-20-18)10-24-7-6-15(11-24)23-19(25)14-3-4-16-17(8-14)22-12-21-16/h2-5,8-9,12,15H,6-7,10-11H2,1H3,(H,21,22)(H,23,25)/t15-/m1/s1. The fourth-order valence-electron chi connectivity index (χ4n) is 3.32. The summed E-state index contributed by atoms with van der Waals surface area (Å²) in [6.45, 7) is 2.62. The van der Waals surface area contributed by atoms with Gasteiger partial charge < -0.3 is 15.0 Å². The second-order valence-electron chi connectivity index (χ2n) is 6.54. The van der Waals surface area contributed by atoms with Gasteiger partial charge in [-0.05, 0) is 30.2 Å². The molecule has 7 heteroatoms. The van der Waals surface area contributed by atoms with Crippen molar-refractivity contribution < 1.29 is 9.53 Å². The van der Waals surface area contributed by atoms with Crippen molar-refractivity contribution in [2.45, 2.75) is 19.0 Å². The van der Waals surface area contributed by atoms with E-state index < -0.39 is 0 Å². The van der Waals surface area contributed by atoms with Crippen LogP contribution < -0.4 is 10.1 Å². The Morgan fingerprint density at radius 2 is 2.27 bits per heavy atom. The molecular weight excluding hydrogens is 330 g/mol. The number of carbonyl (C=O) groups excluding carboxylic acids is 1. The van der Waals surface area contributed by atoms with Crippen LogP contribution in [0.4, 0.5) is 0 Å². The lowest BCUT2D eigenvalue weighted by Gasteiger charge is -2.17. The average Bonchev–Trinajstić information content (AvgIpc) is 3.31. The zero-order valence-corrected chi connectivity index (χ0v) is 14.6. The molecule has 0 aliphatic carbocycles. The van der Waals surface area contributed by atoms with Crippen LogP contribution >= 0.6 is 0 Å². The van der Waals surface area contributed by atoms with Crippen molar-refractivity contribution in [3.63, 3.8) is 0 Å². The average molecular weight is 351 g/mol. The fourth-order valence-corrected chi connectivity index (χ4v) is 3.32. The van der Waals surface area contributed by atoms with Crippen LogP contribution in [0.3, 0.4) is 0 Å². The molecule has 0 saturated carbocycles. The summed E-state index contributed by atoms with van der Waals surface area (Å²) in [6.07, 6.45) is 4.42. The first-order valence-corrected chi connectivity index (χ1v) is 8.66. The van der Waals surface area contributed by atoms with Crippen LogP contribution in [0.25, 0.3) is 11.0 Å². The maximum Gasteiger partial charge on any atom is 0.251 e. The molecule has 2 N–H and O–H groups in total. The van der Waals surface area contributed by atoms with E-state index in [1.165, 1.54) is 0 Å². The van der Waals surface area contributed by atoms with E-state index in [1.807, 2.05) is 36.5 Å². The van der Waals surface area contributed by atoms with Gasteiger partial charge in [0.05, 0.1) is 24.5 Å². The monoisotopic (exact) mass is 351 g/mol. The van der Waals surface area contributed by atoms with Gasteiger partial charge in [0.2, 0.25) is 5.88 Å². The quantitative estimate of drug-likeness (QED) is 0.734. The number of rotatable bonds is 5. The van der Waals surface area contributed by atoms with Crippen molar-refractivity contribution in [3.05, 3.63) is 54.0 Å². The van der Waals surface area contributed by atoms with Gasteiger partial charge in [-0.15, -0.1) is 0 Å². The maximum absolute atomic E-state index is 12.5. The highest BCUT2D eigenvalue weighted by molar-refractivity contribution is 5.97. The third-order valence-electron chi connectivity index (χ3n) is 4.70. The van der Waals surface area contributed by atoms with Crippen molar-refractivity contribution in [2.24, 2.45) is 0 Å². The molecule has 1 saturated heterocycles. The van der Waals surface area contributed by atoms with Gasteiger partial charge in [0.25, 0.3) is 5.91 Å². The molecule has 2 aromatic heterocycles. The third kappa shape index (κ3) is 3.52. The van der Waals surface area contributed by atoms with Gasteiger partial charge in [-0.3, -0.25) is 9.69 Å². The zero-order valence-electron chi connectivity index (χ0n) is 14.6. The van der Waals surface area contributed by atoms with Crippen LogP contribution in [0.1, 0.15) is 22.3 Å². The molecule has 0 unspecified atom stereocenters. The largest absolute Gasteiger partial charge is 0.481 e. The molecule has 0 bridgehead atoms. The van der Waals surface area contributed by atoms with E-state index >= 15 is 0 Å². The molecule has 0 spiro atoms. The lowest BCUT2D eigenvalue weighted by atomic mass is 10.1. The Bertz CT molecular complexity index is 906. The number of fused-ring (bicyclic) bond motifs is 1. The first-order chi connectivity index (χ1) is 12.7. The van der Waals surface area contributed by atoms with Crippen LogP contribution in [0, 0.1) is 0 Å². The van der Waals surface area contributed by atoms with Gasteiger partial charge >= 0.3 is 0 Å². The smallest absolute Gasteiger partial charge is 0.251 e. The van der Waals surface area contributed by atoms with Crippen LogP contribution in [-0.4, -0.2) is 52.0 Å². The van der Waals surface area contributed by atoms with E-state index in [1.54, 1.807) is 13.4 Å². The number of ether oxygens (including phenoxy) is 1. The number of pyridine rings is 1. The molecule has 7 nitrogen and oxygen atoms in total. The summed E-state index contributed by atoms with van der Waals surface area (Å²) in [5.74, 6) is 0.578. The summed E-state index contributed by atoms with van der Waals surface area (Å²) in [7, 11) is 1.61. The number of imidazole rings is 1. The molecule has 1 aliphatic rings. The van der Waals surface area contributed by atoms with E-state index in [-0.39, 0.29) is 11.9 Å². The number of benzene rings is 1. The van der Waals surface area contributed by atoms with E-state index in [0.717, 1.165) is 42.7 Å². The highest BCUT2D eigenvalue weighted by Crippen LogP contribution is 2.16. The number of carbonyl (C=O) groups is 1. The number of aromatic nitrogens is 3. The van der Waals surface area contributed by atoms with E-state index in [2.05, 4.69) is 25.2 Å². The third-order valence-corrected chi connectivity index (χ3v) is 4.70. The number of methoxy groups -OCH3 is 1. The molecule has 3 heterocycles. The first kappa shape index (κ1) is 16.5. The number of hydrogen-bond donors (Lipinski definition) is 2. The topological polar surface area (TPSA) is 83.1 Å². The van der Waals surface area contributed by atoms with E-state index in [4.69, 9.17) is 4.74 Å². The molecule has 3 aromatic rings. The highest BCUT2D eigenvalue weighted by Gasteiger charge is 2.24. The highest BCUT2D eigenvalue weighted by atomic mass is 16.5. The van der Waals surface area contributed by atoms with Crippen LogP contribution in [0.2, 0.25) is 0 Å². The van der Waals surface area contributed by atoms with Crippen LogP contribution in [0.5, 0.6) is 5.88 Å². The van der Waals surface area contributed by atoms with Crippen molar-refractivity contribution in [1.82, 2.24) is 25.2 Å². The molecule has 26 heavy (non-hydrogen) atoms. The number of nitrogens with zero attached hydrogens (tertiary/aromatic N) is 3. The minimum absolute atomic E-state index is 0.0422. The second kappa shape index (κ2) is 7.13. The summed E-state index contributed by atoms with van der Waals surface area (Å²) in [5.41, 5.74) is 3.53. The summed E-state index contributed by atoms with van der Waals surface area (Å²) < 4.78 is 5.09. The predicted octanol–water partition coefficient (Wildman–Crippen LogP) is 1.97. The molecule has 1 amide bonds. The Kier molecular flexibility index (Phi) is 4.53. The lowest BCUT2D eigenvalue weighted by molar-refractivity contribution is 0.0937. The molecule has 134 valence electrons. The Morgan fingerprint density at radius 1 is 1.35 bits per heavy atom. The van der Waals surface area contributed by atoms with Crippen LogP contribution in [-0.2, 0) is 6.54 Å². The van der Waals surface area contributed by atoms with Gasteiger partial charge in [-0.2, -0.15) is 0 Å². The Hall–Kier alpha value is -2.93. The number of likely N-dealkylation sites (tertiary alicyclic amines) is 1. The van der Waals surface area contributed by atoms with Crippen LogP contribution in [0.15, 0.2) is 42.9 Å². The predicted molar refractivity (Wildman–Crippen MR) is 98.0 cm³/mol. The van der Waals surface area contributed by atoms with Gasteiger partial charge in [0.15, 0.2) is 0 Å². The van der Waals surface area contributed by atoms with Gasteiger partial charge in [-0.1, -0.05) is 6.07 Å². The molecular formula is C19H21N5O2. The summed E-state index contributed by atoms with van der Waals surface area (Å²) in [6, 6.07) is 9.57. The van der Waals surface area contributed by atoms with E-state index in [0.29, 0.717) is 11.4 Å². The molecule has 1 atom stereocenters. The minimum Gasteiger partial charge on any atom is -0.481 e. The Morgan fingerprint density at radius 3 is 3.08 bits per heavy atom. The van der Waals surface area contributed by atoms with Gasteiger partial charge in [-0.25, -0.2) is 9.97 Å². The first-order valence-electron chi connectivity index (χ1n) is 8.66. The van der Waals surface area contributed by atoms with E-state index in [9.17, 15) is 4.79 Å². The number of aromatic amines is 1. The molecule has 1 aromatic carbocycles. The Balaban J connectivity index is 1.33. The fraction of sp³-hybridized carbons (Fsp3) is 0.316.